The fraction of sp³-hybridized carbons (Fsp3) is 0.421. The first-order chi connectivity index (χ1) is 13.7. The monoisotopic (exact) mass is 407 g/mol. The number of likely N-dealkylation sites (N-methyl/N-ethyl adjacent to an activating group) is 1. The van der Waals surface area contributed by atoms with Crippen LogP contribution in [-0.4, -0.2) is 84.3 Å². The highest BCUT2D eigenvalue weighted by molar-refractivity contribution is 5.99. The highest BCUT2D eigenvalue weighted by atomic mass is 16.5. The van der Waals surface area contributed by atoms with Crippen LogP contribution < -0.4 is 9.64 Å². The summed E-state index contributed by atoms with van der Waals surface area (Å²) in [5.41, 5.74) is -0.299. The second-order valence-electron chi connectivity index (χ2n) is 6.98. The first kappa shape index (κ1) is 22.2. The average molecular weight is 407 g/mol. The summed E-state index contributed by atoms with van der Waals surface area (Å²) in [6.45, 7) is 1.06. The van der Waals surface area contributed by atoms with Crippen LogP contribution in [0.4, 0.5) is 5.82 Å². The van der Waals surface area contributed by atoms with Crippen LogP contribution in [-0.2, 0) is 4.79 Å². The van der Waals surface area contributed by atoms with Crippen molar-refractivity contribution in [1.82, 2.24) is 10.1 Å². The first-order valence-corrected chi connectivity index (χ1v) is 8.82. The van der Waals surface area contributed by atoms with E-state index in [1.54, 1.807) is 36.3 Å². The zero-order valence-electron chi connectivity index (χ0n) is 16.5. The maximum absolute atomic E-state index is 11.9. The van der Waals surface area contributed by atoms with Crippen LogP contribution in [0, 0.1) is 0 Å². The standard InChI is InChI=1S/C18H23N3O5.CH2O2/c1-20(2)10-18(24)8-9-21(11-18)16-14(17(22)23)15(26-19-16)12-4-6-13(25-3)7-5-12;2-1-3/h4-7,24H,8-11H2,1-3H3,(H,22,23);1H,(H,2,3). The number of aromatic nitrogens is 1. The molecule has 0 saturated carbocycles. The number of methoxy groups -OCH3 is 1. The Bertz CT molecular complexity index is 835. The maximum Gasteiger partial charge on any atom is 0.343 e. The minimum Gasteiger partial charge on any atom is -0.497 e. The highest BCUT2D eigenvalue weighted by Crippen LogP contribution is 2.35. The van der Waals surface area contributed by atoms with Gasteiger partial charge in [0.1, 0.15) is 5.75 Å². The Balaban J connectivity index is 0.000000941. The number of β-amino-alcohol motifs (C(OH)–C–C–N with tert-alkyl or cyclic N) is 1. The highest BCUT2D eigenvalue weighted by Gasteiger charge is 2.40. The predicted octanol–water partition coefficient (Wildman–Crippen LogP) is 1.25. The lowest BCUT2D eigenvalue weighted by molar-refractivity contribution is -0.122. The van der Waals surface area contributed by atoms with Crippen molar-refractivity contribution in [3.63, 3.8) is 0 Å². The molecular formula is C19H25N3O7. The molecule has 3 N–H and O–H groups in total. The third-order valence-corrected chi connectivity index (χ3v) is 4.48. The van der Waals surface area contributed by atoms with E-state index in [4.69, 9.17) is 19.2 Å². The van der Waals surface area contributed by atoms with Gasteiger partial charge in [-0.15, -0.1) is 0 Å². The Kier molecular flexibility index (Phi) is 7.18. The number of aromatic carboxylic acids is 1. The Hall–Kier alpha value is -3.11. The molecule has 0 radical (unpaired) electrons. The summed E-state index contributed by atoms with van der Waals surface area (Å²) in [5.74, 6) is -0.00928. The molecule has 1 fully saturated rings. The van der Waals surface area contributed by atoms with E-state index in [-0.39, 0.29) is 23.6 Å². The molecule has 0 aliphatic carbocycles. The van der Waals surface area contributed by atoms with Crippen molar-refractivity contribution < 1.29 is 34.2 Å². The minimum absolute atomic E-state index is 0.00395. The van der Waals surface area contributed by atoms with Crippen molar-refractivity contribution in [1.29, 1.82) is 0 Å². The fourth-order valence-electron chi connectivity index (χ4n) is 3.38. The number of carboxylic acid groups (broad SMARTS) is 2. The van der Waals surface area contributed by atoms with Gasteiger partial charge in [0, 0.05) is 25.2 Å². The van der Waals surface area contributed by atoms with Gasteiger partial charge in [0.05, 0.1) is 12.7 Å². The summed E-state index contributed by atoms with van der Waals surface area (Å²) in [7, 11) is 5.34. The molecule has 0 spiro atoms. The third-order valence-electron chi connectivity index (χ3n) is 4.48. The molecule has 158 valence electrons. The van der Waals surface area contributed by atoms with Gasteiger partial charge in [-0.05, 0) is 44.8 Å². The molecule has 1 atom stereocenters. The second-order valence-corrected chi connectivity index (χ2v) is 6.98. The van der Waals surface area contributed by atoms with Crippen LogP contribution in [0.25, 0.3) is 11.3 Å². The molecule has 2 aromatic rings. The molecule has 10 heteroatoms. The number of hydrogen-bond donors (Lipinski definition) is 3. The van der Waals surface area contributed by atoms with Gasteiger partial charge in [0.25, 0.3) is 6.47 Å². The first-order valence-electron chi connectivity index (χ1n) is 8.82. The number of carboxylic acids is 1. The van der Waals surface area contributed by atoms with Gasteiger partial charge in [0.15, 0.2) is 17.1 Å². The van der Waals surface area contributed by atoms with Gasteiger partial charge < -0.3 is 34.4 Å². The molecule has 29 heavy (non-hydrogen) atoms. The number of benzene rings is 1. The van der Waals surface area contributed by atoms with Gasteiger partial charge >= 0.3 is 5.97 Å². The van der Waals surface area contributed by atoms with Crippen LogP contribution in [0.2, 0.25) is 0 Å². The minimum atomic E-state index is -1.12. The molecule has 1 unspecified atom stereocenters. The van der Waals surface area contributed by atoms with Crippen molar-refractivity contribution in [3.8, 4) is 17.1 Å². The zero-order chi connectivity index (χ0) is 21.6. The van der Waals surface area contributed by atoms with Crippen LogP contribution >= 0.6 is 0 Å². The second kappa shape index (κ2) is 9.39. The molecule has 1 aromatic carbocycles. The molecule has 2 heterocycles. The van der Waals surface area contributed by atoms with Crippen molar-refractivity contribution in [3.05, 3.63) is 29.8 Å². The lowest BCUT2D eigenvalue weighted by Gasteiger charge is -2.26. The van der Waals surface area contributed by atoms with Gasteiger partial charge in [-0.1, -0.05) is 5.16 Å². The Morgan fingerprint density at radius 2 is 2.00 bits per heavy atom. The molecular weight excluding hydrogens is 382 g/mol. The van der Waals surface area contributed by atoms with Gasteiger partial charge in [-0.3, -0.25) is 4.79 Å². The summed E-state index contributed by atoms with van der Waals surface area (Å²) in [6, 6.07) is 6.91. The summed E-state index contributed by atoms with van der Waals surface area (Å²) < 4.78 is 10.5. The van der Waals surface area contributed by atoms with E-state index in [2.05, 4.69) is 5.16 Å². The van der Waals surface area contributed by atoms with Crippen LogP contribution in [0.1, 0.15) is 16.8 Å². The van der Waals surface area contributed by atoms with Crippen molar-refractivity contribution in [2.24, 2.45) is 0 Å². The van der Waals surface area contributed by atoms with E-state index in [0.717, 1.165) is 0 Å². The number of ether oxygens (including phenoxy) is 1. The Morgan fingerprint density at radius 1 is 1.38 bits per heavy atom. The maximum atomic E-state index is 11.9. The molecule has 1 saturated heterocycles. The summed E-state index contributed by atoms with van der Waals surface area (Å²) >= 11 is 0. The quantitative estimate of drug-likeness (QED) is 0.600. The van der Waals surface area contributed by atoms with E-state index in [9.17, 15) is 15.0 Å². The number of hydrogen-bond acceptors (Lipinski definition) is 8. The summed E-state index contributed by atoms with van der Waals surface area (Å²) in [5, 5.41) is 31.3. The van der Waals surface area contributed by atoms with E-state index in [0.29, 0.717) is 37.4 Å². The van der Waals surface area contributed by atoms with Gasteiger partial charge in [0.2, 0.25) is 0 Å². The molecule has 3 rings (SSSR count). The summed E-state index contributed by atoms with van der Waals surface area (Å²) in [6.07, 6.45) is 0.537. The number of aliphatic hydroxyl groups is 1. The fourth-order valence-corrected chi connectivity index (χ4v) is 3.38. The number of carbonyl (C=O) groups is 2. The lowest BCUT2D eigenvalue weighted by Crippen LogP contribution is -2.42. The van der Waals surface area contributed by atoms with Crippen LogP contribution in [0.15, 0.2) is 28.8 Å². The molecule has 1 aliphatic heterocycles. The molecule has 1 aliphatic rings. The van der Waals surface area contributed by atoms with Crippen molar-refractivity contribution in [2.75, 3.05) is 45.7 Å². The Morgan fingerprint density at radius 3 is 2.52 bits per heavy atom. The largest absolute Gasteiger partial charge is 0.497 e. The van der Waals surface area contributed by atoms with Crippen LogP contribution in [0.5, 0.6) is 5.75 Å². The lowest BCUT2D eigenvalue weighted by atomic mass is 10.0. The zero-order valence-corrected chi connectivity index (χ0v) is 16.5. The van der Waals surface area contributed by atoms with E-state index in [1.807, 2.05) is 19.0 Å². The smallest absolute Gasteiger partial charge is 0.343 e. The number of rotatable bonds is 6. The van der Waals surface area contributed by atoms with E-state index < -0.39 is 11.6 Å². The van der Waals surface area contributed by atoms with Gasteiger partial charge in [-0.2, -0.15) is 0 Å². The normalized spacial score (nSPS) is 18.3. The molecule has 1 aromatic heterocycles. The molecule has 0 amide bonds. The van der Waals surface area contributed by atoms with Gasteiger partial charge in [-0.25, -0.2) is 4.79 Å². The van der Waals surface area contributed by atoms with Crippen molar-refractivity contribution in [2.45, 2.75) is 12.0 Å². The SMILES string of the molecule is COc1ccc(-c2onc(N3CCC(O)(CN(C)C)C3)c2C(=O)O)cc1.O=CO. The van der Waals surface area contributed by atoms with E-state index in [1.165, 1.54) is 0 Å². The van der Waals surface area contributed by atoms with Crippen LogP contribution in [0.3, 0.4) is 0 Å². The third kappa shape index (κ3) is 5.24. The Labute approximate surface area is 167 Å². The van der Waals surface area contributed by atoms with E-state index >= 15 is 0 Å². The average Bonchev–Trinajstić information content (AvgIpc) is 3.26. The molecule has 0 bridgehead atoms. The van der Waals surface area contributed by atoms with Crippen molar-refractivity contribution >= 4 is 18.3 Å². The molecule has 10 nitrogen and oxygen atoms in total. The number of anilines is 1. The topological polar surface area (TPSA) is 137 Å². The summed E-state index contributed by atoms with van der Waals surface area (Å²) in [4.78, 5) is 23.9. The number of nitrogens with zero attached hydrogens (tertiary/aromatic N) is 3. The predicted molar refractivity (Wildman–Crippen MR) is 104 cm³/mol.